The second-order valence-electron chi connectivity index (χ2n) is 5.20. The van der Waals surface area contributed by atoms with Crippen LogP contribution < -0.4 is 10.3 Å². The summed E-state index contributed by atoms with van der Waals surface area (Å²) in [6, 6.07) is 13.8. The molecule has 0 fully saturated rings. The highest BCUT2D eigenvalue weighted by Crippen LogP contribution is 2.26. The van der Waals surface area contributed by atoms with E-state index in [4.69, 9.17) is 0 Å². The van der Waals surface area contributed by atoms with Crippen LogP contribution >= 0.6 is 0 Å². The number of aryl methyl sites for hydroxylation is 1. The predicted octanol–water partition coefficient (Wildman–Crippen LogP) is 1.98. The van der Waals surface area contributed by atoms with Crippen molar-refractivity contribution in [2.75, 3.05) is 18.0 Å². The first-order valence-electron chi connectivity index (χ1n) is 7.39. The van der Waals surface area contributed by atoms with Crippen LogP contribution in [0.25, 0.3) is 0 Å². The SMILES string of the molecule is O=C(CN1CCCc2ccccc21)N/N=C\c1ccccn1. The number of aromatic nitrogens is 1. The van der Waals surface area contributed by atoms with Gasteiger partial charge >= 0.3 is 0 Å². The minimum Gasteiger partial charge on any atom is -0.362 e. The molecule has 0 saturated carbocycles. The number of carbonyl (C=O) groups is 1. The number of rotatable bonds is 4. The first kappa shape index (κ1) is 14.3. The lowest BCUT2D eigenvalue weighted by molar-refractivity contribution is -0.119. The molecule has 0 unspecified atom stereocenters. The lowest BCUT2D eigenvalue weighted by Crippen LogP contribution is -2.38. The summed E-state index contributed by atoms with van der Waals surface area (Å²) in [6.07, 6.45) is 5.38. The second kappa shape index (κ2) is 6.85. The van der Waals surface area contributed by atoms with E-state index >= 15 is 0 Å². The molecule has 0 spiro atoms. The minimum atomic E-state index is -0.121. The lowest BCUT2D eigenvalue weighted by Gasteiger charge is -2.30. The molecule has 112 valence electrons. The number of para-hydroxylation sites is 1. The van der Waals surface area contributed by atoms with Crippen molar-refractivity contribution in [2.45, 2.75) is 12.8 Å². The number of fused-ring (bicyclic) bond motifs is 1. The summed E-state index contributed by atoms with van der Waals surface area (Å²) in [4.78, 5) is 18.2. The molecule has 1 N–H and O–H groups in total. The normalized spacial score (nSPS) is 13.9. The summed E-state index contributed by atoms with van der Waals surface area (Å²) >= 11 is 0. The fraction of sp³-hybridized carbons (Fsp3) is 0.235. The van der Waals surface area contributed by atoms with Gasteiger partial charge in [-0.15, -0.1) is 0 Å². The molecule has 0 bridgehead atoms. The van der Waals surface area contributed by atoms with Gasteiger partial charge in [-0.3, -0.25) is 9.78 Å². The van der Waals surface area contributed by atoms with Gasteiger partial charge in [-0.05, 0) is 36.6 Å². The molecule has 1 aliphatic heterocycles. The predicted molar refractivity (Wildman–Crippen MR) is 86.9 cm³/mol. The average Bonchev–Trinajstić information content (AvgIpc) is 2.56. The van der Waals surface area contributed by atoms with E-state index in [-0.39, 0.29) is 5.91 Å². The van der Waals surface area contributed by atoms with Crippen molar-refractivity contribution in [1.82, 2.24) is 10.4 Å². The first-order chi connectivity index (χ1) is 10.8. The zero-order chi connectivity index (χ0) is 15.2. The van der Waals surface area contributed by atoms with Crippen molar-refractivity contribution in [3.05, 3.63) is 59.9 Å². The number of pyridine rings is 1. The first-order valence-corrected chi connectivity index (χ1v) is 7.39. The summed E-state index contributed by atoms with van der Waals surface area (Å²) in [5, 5.41) is 3.95. The maximum atomic E-state index is 12.0. The van der Waals surface area contributed by atoms with Crippen molar-refractivity contribution in [1.29, 1.82) is 0 Å². The molecular formula is C17H18N4O. The van der Waals surface area contributed by atoms with E-state index < -0.39 is 0 Å². The van der Waals surface area contributed by atoms with E-state index in [1.165, 1.54) is 5.56 Å². The number of carbonyl (C=O) groups excluding carboxylic acids is 1. The zero-order valence-corrected chi connectivity index (χ0v) is 12.3. The van der Waals surface area contributed by atoms with Gasteiger partial charge in [-0.25, -0.2) is 5.43 Å². The number of amides is 1. The van der Waals surface area contributed by atoms with E-state index in [9.17, 15) is 4.79 Å². The van der Waals surface area contributed by atoms with Crippen LogP contribution in [0.4, 0.5) is 5.69 Å². The zero-order valence-electron chi connectivity index (χ0n) is 12.3. The molecule has 5 nitrogen and oxygen atoms in total. The van der Waals surface area contributed by atoms with Gasteiger partial charge in [0.05, 0.1) is 18.5 Å². The smallest absolute Gasteiger partial charge is 0.259 e. The van der Waals surface area contributed by atoms with Gasteiger partial charge in [0.1, 0.15) is 0 Å². The third-order valence-electron chi connectivity index (χ3n) is 3.61. The number of hydrazone groups is 1. The molecule has 2 heterocycles. The van der Waals surface area contributed by atoms with Gasteiger partial charge in [0.15, 0.2) is 0 Å². The Hall–Kier alpha value is -2.69. The average molecular weight is 294 g/mol. The molecule has 1 amide bonds. The van der Waals surface area contributed by atoms with Crippen LogP contribution in [0.3, 0.4) is 0 Å². The Morgan fingerprint density at radius 1 is 1.27 bits per heavy atom. The van der Waals surface area contributed by atoms with Crippen LogP contribution in [-0.2, 0) is 11.2 Å². The molecule has 3 rings (SSSR count). The van der Waals surface area contributed by atoms with E-state index in [1.807, 2.05) is 30.3 Å². The molecule has 0 saturated heterocycles. The highest BCUT2D eigenvalue weighted by atomic mass is 16.2. The highest BCUT2D eigenvalue weighted by molar-refractivity contribution is 5.84. The molecule has 1 aromatic heterocycles. The van der Waals surface area contributed by atoms with Crippen molar-refractivity contribution in [3.8, 4) is 0 Å². The molecule has 5 heteroatoms. The van der Waals surface area contributed by atoms with Crippen LogP contribution in [0.15, 0.2) is 53.8 Å². The third kappa shape index (κ3) is 3.49. The van der Waals surface area contributed by atoms with Crippen LogP contribution in [-0.4, -0.2) is 30.2 Å². The van der Waals surface area contributed by atoms with Gasteiger partial charge in [0.2, 0.25) is 0 Å². The molecule has 0 atom stereocenters. The maximum Gasteiger partial charge on any atom is 0.259 e. The Morgan fingerprint density at radius 2 is 2.14 bits per heavy atom. The number of anilines is 1. The molecule has 1 aliphatic rings. The Balaban J connectivity index is 1.58. The molecule has 22 heavy (non-hydrogen) atoms. The summed E-state index contributed by atoms with van der Waals surface area (Å²) in [7, 11) is 0. The standard InChI is InChI=1S/C17H18N4O/c22-17(20-19-12-15-8-3-4-10-18-15)13-21-11-5-7-14-6-1-2-9-16(14)21/h1-4,6,8-10,12H,5,7,11,13H2,(H,20,22)/b19-12-. The van der Waals surface area contributed by atoms with E-state index in [0.717, 1.165) is 25.1 Å². The monoisotopic (exact) mass is 294 g/mol. The van der Waals surface area contributed by atoms with Gasteiger partial charge in [0, 0.05) is 18.4 Å². The van der Waals surface area contributed by atoms with Gasteiger partial charge in [-0.1, -0.05) is 24.3 Å². The van der Waals surface area contributed by atoms with Crippen LogP contribution in [0.1, 0.15) is 17.7 Å². The Morgan fingerprint density at radius 3 is 3.00 bits per heavy atom. The molecular weight excluding hydrogens is 276 g/mol. The number of hydrogen-bond donors (Lipinski definition) is 1. The van der Waals surface area contributed by atoms with Crippen molar-refractivity contribution in [2.24, 2.45) is 5.10 Å². The largest absolute Gasteiger partial charge is 0.362 e. The fourth-order valence-corrected chi connectivity index (χ4v) is 2.61. The summed E-state index contributed by atoms with van der Waals surface area (Å²) in [5.74, 6) is -0.121. The van der Waals surface area contributed by atoms with E-state index in [1.54, 1.807) is 12.4 Å². The summed E-state index contributed by atoms with van der Waals surface area (Å²) in [6.45, 7) is 1.21. The molecule has 2 aromatic rings. The van der Waals surface area contributed by atoms with Crippen molar-refractivity contribution in [3.63, 3.8) is 0 Å². The minimum absolute atomic E-state index is 0.121. The quantitative estimate of drug-likeness (QED) is 0.693. The van der Waals surface area contributed by atoms with Crippen LogP contribution in [0.5, 0.6) is 0 Å². The lowest BCUT2D eigenvalue weighted by atomic mass is 10.0. The van der Waals surface area contributed by atoms with Crippen LogP contribution in [0, 0.1) is 0 Å². The third-order valence-corrected chi connectivity index (χ3v) is 3.61. The Bertz CT molecular complexity index is 669. The maximum absolute atomic E-state index is 12.0. The van der Waals surface area contributed by atoms with Crippen LogP contribution in [0.2, 0.25) is 0 Å². The van der Waals surface area contributed by atoms with Gasteiger partial charge < -0.3 is 4.90 Å². The number of hydrogen-bond acceptors (Lipinski definition) is 4. The Labute approximate surface area is 129 Å². The number of nitrogens with zero attached hydrogens (tertiary/aromatic N) is 3. The Kier molecular flexibility index (Phi) is 4.44. The summed E-state index contributed by atoms with van der Waals surface area (Å²) in [5.41, 5.74) is 5.73. The number of benzene rings is 1. The number of nitrogens with one attached hydrogen (secondary N) is 1. The fourth-order valence-electron chi connectivity index (χ4n) is 2.61. The summed E-state index contributed by atoms with van der Waals surface area (Å²) < 4.78 is 0. The van der Waals surface area contributed by atoms with E-state index in [2.05, 4.69) is 32.5 Å². The van der Waals surface area contributed by atoms with E-state index in [0.29, 0.717) is 12.2 Å². The van der Waals surface area contributed by atoms with Crippen molar-refractivity contribution < 1.29 is 4.79 Å². The highest BCUT2D eigenvalue weighted by Gasteiger charge is 2.18. The van der Waals surface area contributed by atoms with Gasteiger partial charge in [0.25, 0.3) is 5.91 Å². The van der Waals surface area contributed by atoms with Gasteiger partial charge in [-0.2, -0.15) is 5.10 Å². The molecule has 1 aromatic carbocycles. The second-order valence-corrected chi connectivity index (χ2v) is 5.20. The molecule has 0 aliphatic carbocycles. The van der Waals surface area contributed by atoms with Crippen molar-refractivity contribution >= 4 is 17.8 Å². The topological polar surface area (TPSA) is 57.6 Å². The molecule has 0 radical (unpaired) electrons.